The molecule has 2 amide bonds. The Kier molecular flexibility index (Phi) is 7.21. The van der Waals surface area contributed by atoms with Crippen molar-refractivity contribution in [2.45, 2.75) is 13.0 Å². The molecular weight excluding hydrogens is 392 g/mol. The summed E-state index contributed by atoms with van der Waals surface area (Å²) < 4.78 is 10.8. The molecule has 25 heavy (non-hydrogen) atoms. The first kappa shape index (κ1) is 18.7. The second kappa shape index (κ2) is 9.63. The lowest BCUT2D eigenvalue weighted by molar-refractivity contribution is -0.148. The van der Waals surface area contributed by atoms with Crippen LogP contribution in [0.2, 0.25) is 0 Å². The van der Waals surface area contributed by atoms with Gasteiger partial charge in [0, 0.05) is 16.6 Å². The molecule has 0 atom stereocenters. The molecule has 132 valence electrons. The highest BCUT2D eigenvalue weighted by Gasteiger charge is 2.10. The molecule has 0 bridgehead atoms. The third kappa shape index (κ3) is 6.80. The minimum absolute atomic E-state index is 0.0201. The molecule has 0 radical (unpaired) electrons. The van der Waals surface area contributed by atoms with Crippen molar-refractivity contribution in [3.63, 3.8) is 0 Å². The SMILES string of the molecule is O=C(COC(=O)CCNC(=O)c1ccc(Br)cc1)NCc1ccco1. The molecule has 2 N–H and O–H groups in total. The number of hydrogen-bond acceptors (Lipinski definition) is 5. The zero-order valence-electron chi connectivity index (χ0n) is 13.3. The first-order valence-corrected chi connectivity index (χ1v) is 8.32. The highest BCUT2D eigenvalue weighted by Crippen LogP contribution is 2.10. The lowest BCUT2D eigenvalue weighted by atomic mass is 10.2. The first-order valence-electron chi connectivity index (χ1n) is 7.53. The van der Waals surface area contributed by atoms with E-state index in [-0.39, 0.29) is 32.0 Å². The normalized spacial score (nSPS) is 10.1. The predicted octanol–water partition coefficient (Wildman–Crippen LogP) is 2.02. The number of carbonyl (C=O) groups excluding carboxylic acids is 3. The van der Waals surface area contributed by atoms with Crippen molar-refractivity contribution in [1.29, 1.82) is 0 Å². The average Bonchev–Trinajstić information content (AvgIpc) is 3.12. The van der Waals surface area contributed by atoms with Gasteiger partial charge in [0.1, 0.15) is 5.76 Å². The molecule has 0 saturated heterocycles. The molecule has 1 aromatic carbocycles. The smallest absolute Gasteiger partial charge is 0.308 e. The summed E-state index contributed by atoms with van der Waals surface area (Å²) in [6.07, 6.45) is 1.48. The van der Waals surface area contributed by atoms with Gasteiger partial charge in [0.05, 0.1) is 19.2 Å². The van der Waals surface area contributed by atoms with Gasteiger partial charge in [0.25, 0.3) is 11.8 Å². The van der Waals surface area contributed by atoms with E-state index in [0.717, 1.165) is 4.47 Å². The van der Waals surface area contributed by atoms with E-state index < -0.39 is 11.9 Å². The fourth-order valence-electron chi connectivity index (χ4n) is 1.85. The molecule has 0 unspecified atom stereocenters. The molecule has 7 nitrogen and oxygen atoms in total. The van der Waals surface area contributed by atoms with E-state index in [1.807, 2.05) is 0 Å². The number of hydrogen-bond donors (Lipinski definition) is 2. The number of amides is 2. The fraction of sp³-hybridized carbons (Fsp3) is 0.235. The molecule has 8 heteroatoms. The molecule has 0 saturated carbocycles. The van der Waals surface area contributed by atoms with E-state index >= 15 is 0 Å². The van der Waals surface area contributed by atoms with E-state index in [2.05, 4.69) is 26.6 Å². The maximum Gasteiger partial charge on any atom is 0.308 e. The van der Waals surface area contributed by atoms with Gasteiger partial charge < -0.3 is 19.8 Å². The van der Waals surface area contributed by atoms with E-state index in [1.54, 1.807) is 36.4 Å². The van der Waals surface area contributed by atoms with Crippen molar-refractivity contribution in [3.05, 3.63) is 58.5 Å². The number of nitrogens with one attached hydrogen (secondary N) is 2. The molecule has 0 fully saturated rings. The molecule has 0 aliphatic carbocycles. The van der Waals surface area contributed by atoms with Gasteiger partial charge in [-0.2, -0.15) is 0 Å². The van der Waals surface area contributed by atoms with Crippen molar-refractivity contribution in [2.75, 3.05) is 13.2 Å². The van der Waals surface area contributed by atoms with E-state index in [4.69, 9.17) is 9.15 Å². The number of rotatable bonds is 8. The van der Waals surface area contributed by atoms with Crippen LogP contribution >= 0.6 is 15.9 Å². The van der Waals surface area contributed by atoms with Crippen LogP contribution in [0.4, 0.5) is 0 Å². The Labute approximate surface area is 152 Å². The Hall–Kier alpha value is -2.61. The minimum atomic E-state index is -0.566. The van der Waals surface area contributed by atoms with Gasteiger partial charge in [-0.3, -0.25) is 14.4 Å². The molecule has 2 rings (SSSR count). The van der Waals surface area contributed by atoms with Crippen LogP contribution in [0.5, 0.6) is 0 Å². The quantitative estimate of drug-likeness (QED) is 0.651. The Morgan fingerprint density at radius 1 is 1.08 bits per heavy atom. The van der Waals surface area contributed by atoms with Crippen LogP contribution < -0.4 is 10.6 Å². The second-order valence-corrected chi connectivity index (χ2v) is 5.95. The average molecular weight is 409 g/mol. The number of carbonyl (C=O) groups is 3. The van der Waals surface area contributed by atoms with Crippen LogP contribution in [-0.4, -0.2) is 30.9 Å². The number of benzene rings is 1. The van der Waals surface area contributed by atoms with Crippen LogP contribution in [0.3, 0.4) is 0 Å². The summed E-state index contributed by atoms with van der Waals surface area (Å²) in [4.78, 5) is 34.9. The maximum absolute atomic E-state index is 11.8. The number of furan rings is 1. The van der Waals surface area contributed by atoms with Crippen molar-refractivity contribution in [3.8, 4) is 0 Å². The summed E-state index contributed by atoms with van der Waals surface area (Å²) >= 11 is 3.29. The van der Waals surface area contributed by atoms with Crippen LogP contribution in [0.25, 0.3) is 0 Å². The Morgan fingerprint density at radius 2 is 1.84 bits per heavy atom. The zero-order chi connectivity index (χ0) is 18.1. The van der Waals surface area contributed by atoms with E-state index in [0.29, 0.717) is 11.3 Å². The van der Waals surface area contributed by atoms with Crippen LogP contribution in [0.15, 0.2) is 51.6 Å². The zero-order valence-corrected chi connectivity index (χ0v) is 14.9. The second-order valence-electron chi connectivity index (χ2n) is 5.03. The van der Waals surface area contributed by atoms with Crippen LogP contribution in [0.1, 0.15) is 22.5 Å². The molecule has 0 spiro atoms. The Bertz CT molecular complexity index is 713. The van der Waals surface area contributed by atoms with Crippen molar-refractivity contribution < 1.29 is 23.5 Å². The van der Waals surface area contributed by atoms with Crippen LogP contribution in [0, 0.1) is 0 Å². The maximum atomic E-state index is 11.8. The number of ether oxygens (including phenoxy) is 1. The number of esters is 1. The predicted molar refractivity (Wildman–Crippen MR) is 92.6 cm³/mol. The fourth-order valence-corrected chi connectivity index (χ4v) is 2.11. The van der Waals surface area contributed by atoms with Gasteiger partial charge >= 0.3 is 5.97 Å². The van der Waals surface area contributed by atoms with E-state index in [9.17, 15) is 14.4 Å². The van der Waals surface area contributed by atoms with Gasteiger partial charge in [-0.05, 0) is 36.4 Å². The summed E-state index contributed by atoms with van der Waals surface area (Å²) in [5, 5.41) is 5.17. The molecule has 2 aromatic rings. The summed E-state index contributed by atoms with van der Waals surface area (Å²) in [5.74, 6) is -0.667. The Morgan fingerprint density at radius 3 is 2.52 bits per heavy atom. The standard InChI is InChI=1S/C17H17BrN2O5/c18-13-5-3-12(4-6-13)17(23)19-8-7-16(22)25-11-15(21)20-10-14-2-1-9-24-14/h1-6,9H,7-8,10-11H2,(H,19,23)(H,20,21). The molecule has 1 aromatic heterocycles. The minimum Gasteiger partial charge on any atom is -0.467 e. The van der Waals surface area contributed by atoms with Gasteiger partial charge in [0.2, 0.25) is 0 Å². The summed E-state index contributed by atoms with van der Waals surface area (Å²) in [6.45, 7) is -0.0193. The van der Waals surface area contributed by atoms with Crippen molar-refractivity contribution >= 4 is 33.7 Å². The summed E-state index contributed by atoms with van der Waals surface area (Å²) in [6, 6.07) is 10.3. The molecule has 1 heterocycles. The Balaban J connectivity index is 1.59. The van der Waals surface area contributed by atoms with Crippen LogP contribution in [-0.2, 0) is 20.9 Å². The van der Waals surface area contributed by atoms with Gasteiger partial charge in [-0.15, -0.1) is 0 Å². The molecule has 0 aliphatic heterocycles. The van der Waals surface area contributed by atoms with Crippen molar-refractivity contribution in [1.82, 2.24) is 10.6 Å². The molecular formula is C17H17BrN2O5. The number of halogens is 1. The van der Waals surface area contributed by atoms with E-state index in [1.165, 1.54) is 6.26 Å². The van der Waals surface area contributed by atoms with Crippen molar-refractivity contribution in [2.24, 2.45) is 0 Å². The first-order chi connectivity index (χ1) is 12.0. The summed E-state index contributed by atoms with van der Waals surface area (Å²) in [5.41, 5.74) is 0.494. The third-order valence-electron chi connectivity index (χ3n) is 3.13. The van der Waals surface area contributed by atoms with Gasteiger partial charge in [-0.25, -0.2) is 0 Å². The van der Waals surface area contributed by atoms with Gasteiger partial charge in [-0.1, -0.05) is 15.9 Å². The lowest BCUT2D eigenvalue weighted by Gasteiger charge is -2.07. The lowest BCUT2D eigenvalue weighted by Crippen LogP contribution is -2.30. The van der Waals surface area contributed by atoms with Gasteiger partial charge in [0.15, 0.2) is 6.61 Å². The monoisotopic (exact) mass is 408 g/mol. The highest BCUT2D eigenvalue weighted by molar-refractivity contribution is 9.10. The largest absolute Gasteiger partial charge is 0.467 e. The molecule has 0 aliphatic rings. The third-order valence-corrected chi connectivity index (χ3v) is 3.65. The topological polar surface area (TPSA) is 97.6 Å². The summed E-state index contributed by atoms with van der Waals surface area (Å²) in [7, 11) is 0. The highest BCUT2D eigenvalue weighted by atomic mass is 79.9.